The Morgan fingerprint density at radius 3 is 3.00 bits per heavy atom. The fourth-order valence-corrected chi connectivity index (χ4v) is 3.13. The van der Waals surface area contributed by atoms with Crippen LogP contribution in [0.2, 0.25) is 0 Å². The number of amides is 1. The number of H-pyrrole nitrogens is 1. The summed E-state index contributed by atoms with van der Waals surface area (Å²) < 4.78 is 6.10. The van der Waals surface area contributed by atoms with Gasteiger partial charge in [0.15, 0.2) is 0 Å². The molecule has 2 atom stereocenters. The van der Waals surface area contributed by atoms with Crippen molar-refractivity contribution in [1.29, 1.82) is 0 Å². The molecule has 3 rings (SSSR count). The van der Waals surface area contributed by atoms with Gasteiger partial charge in [0.2, 0.25) is 5.91 Å². The first-order chi connectivity index (χ1) is 11.0. The van der Waals surface area contributed by atoms with Gasteiger partial charge in [0.1, 0.15) is 6.04 Å². The minimum Gasteiger partial charge on any atom is -0.480 e. The van der Waals surface area contributed by atoms with E-state index in [0.29, 0.717) is 19.6 Å². The van der Waals surface area contributed by atoms with Crippen LogP contribution in [-0.2, 0) is 20.7 Å². The van der Waals surface area contributed by atoms with E-state index in [1.54, 1.807) is 6.20 Å². The van der Waals surface area contributed by atoms with Crippen LogP contribution in [0.5, 0.6) is 0 Å². The largest absolute Gasteiger partial charge is 0.480 e. The third kappa shape index (κ3) is 3.56. The lowest BCUT2D eigenvalue weighted by Gasteiger charge is -2.16. The molecule has 1 aliphatic heterocycles. The standard InChI is InChI=1S/C16H17BrN2O4/c17-11-1-2-13-12(6-11)10(7-18-13)5-14(16(21)22)19-15(20)9-3-4-23-8-9/h1-2,6-7,9,14,18H,3-5,8H2,(H,19,20)(H,21,22)/t9-,14+/m1/s1. The zero-order valence-corrected chi connectivity index (χ0v) is 13.9. The molecule has 0 saturated carbocycles. The van der Waals surface area contributed by atoms with Crippen molar-refractivity contribution in [2.24, 2.45) is 5.92 Å². The van der Waals surface area contributed by atoms with Gasteiger partial charge in [-0.05, 0) is 30.2 Å². The molecule has 2 heterocycles. The molecule has 1 aromatic heterocycles. The third-order valence-electron chi connectivity index (χ3n) is 4.07. The summed E-state index contributed by atoms with van der Waals surface area (Å²) in [6.07, 6.45) is 2.65. The first-order valence-corrected chi connectivity index (χ1v) is 8.20. The molecule has 1 aromatic carbocycles. The Bertz CT molecular complexity index is 737. The Morgan fingerprint density at radius 1 is 1.48 bits per heavy atom. The van der Waals surface area contributed by atoms with Crippen molar-refractivity contribution in [3.8, 4) is 0 Å². The molecule has 2 aromatic rings. The maximum Gasteiger partial charge on any atom is 0.326 e. The minimum atomic E-state index is -1.04. The summed E-state index contributed by atoms with van der Waals surface area (Å²) in [6.45, 7) is 0.907. The van der Waals surface area contributed by atoms with E-state index >= 15 is 0 Å². The highest BCUT2D eigenvalue weighted by atomic mass is 79.9. The second-order valence-electron chi connectivity index (χ2n) is 5.67. The molecule has 23 heavy (non-hydrogen) atoms. The number of fused-ring (bicyclic) bond motifs is 1. The van der Waals surface area contributed by atoms with Gasteiger partial charge in [0.25, 0.3) is 0 Å². The van der Waals surface area contributed by atoms with Crippen LogP contribution in [0.25, 0.3) is 10.9 Å². The van der Waals surface area contributed by atoms with E-state index in [1.165, 1.54) is 0 Å². The van der Waals surface area contributed by atoms with E-state index in [9.17, 15) is 14.7 Å². The number of carboxylic acid groups (broad SMARTS) is 1. The van der Waals surface area contributed by atoms with Gasteiger partial charge >= 0.3 is 5.97 Å². The maximum atomic E-state index is 12.1. The smallest absolute Gasteiger partial charge is 0.326 e. The third-order valence-corrected chi connectivity index (χ3v) is 4.56. The molecule has 0 aliphatic carbocycles. The van der Waals surface area contributed by atoms with Gasteiger partial charge < -0.3 is 20.1 Å². The Hall–Kier alpha value is -1.86. The van der Waals surface area contributed by atoms with Crippen molar-refractivity contribution in [3.05, 3.63) is 34.4 Å². The molecule has 3 N–H and O–H groups in total. The highest BCUT2D eigenvalue weighted by Crippen LogP contribution is 2.24. The summed E-state index contributed by atoms with van der Waals surface area (Å²) in [4.78, 5) is 26.8. The van der Waals surface area contributed by atoms with Gasteiger partial charge in [-0.25, -0.2) is 4.79 Å². The van der Waals surface area contributed by atoms with Crippen LogP contribution in [0.1, 0.15) is 12.0 Å². The number of aromatic nitrogens is 1. The number of benzene rings is 1. The number of aromatic amines is 1. The zero-order valence-electron chi connectivity index (χ0n) is 12.3. The number of rotatable bonds is 5. The van der Waals surface area contributed by atoms with E-state index in [0.717, 1.165) is 20.9 Å². The molecule has 1 saturated heterocycles. The molecule has 0 spiro atoms. The van der Waals surface area contributed by atoms with E-state index < -0.39 is 12.0 Å². The second kappa shape index (κ2) is 6.72. The first kappa shape index (κ1) is 16.0. The highest BCUT2D eigenvalue weighted by molar-refractivity contribution is 9.10. The van der Waals surface area contributed by atoms with Gasteiger partial charge in [0, 0.05) is 34.6 Å². The van der Waals surface area contributed by atoms with Gasteiger partial charge in [-0.3, -0.25) is 4.79 Å². The van der Waals surface area contributed by atoms with Gasteiger partial charge in [-0.15, -0.1) is 0 Å². The lowest BCUT2D eigenvalue weighted by atomic mass is 10.0. The SMILES string of the molecule is O=C(N[C@@H](Cc1c[nH]c2ccc(Br)cc12)C(=O)O)[C@@H]1CCOC1. The van der Waals surface area contributed by atoms with E-state index in [2.05, 4.69) is 26.2 Å². The molecule has 6 nitrogen and oxygen atoms in total. The average molecular weight is 381 g/mol. The molecule has 7 heteroatoms. The Morgan fingerprint density at radius 2 is 2.30 bits per heavy atom. The van der Waals surface area contributed by atoms with Crippen LogP contribution < -0.4 is 5.32 Å². The number of halogens is 1. The van der Waals surface area contributed by atoms with Gasteiger partial charge in [-0.2, -0.15) is 0 Å². The summed E-state index contributed by atoms with van der Waals surface area (Å²) >= 11 is 3.42. The number of nitrogens with one attached hydrogen (secondary N) is 2. The van der Waals surface area contributed by atoms with Crippen molar-refractivity contribution in [2.45, 2.75) is 18.9 Å². The Kier molecular flexibility index (Phi) is 4.68. The number of hydrogen-bond donors (Lipinski definition) is 3. The molecule has 1 fully saturated rings. The van der Waals surface area contributed by atoms with Crippen molar-refractivity contribution in [1.82, 2.24) is 10.3 Å². The summed E-state index contributed by atoms with van der Waals surface area (Å²) in [5.41, 5.74) is 1.79. The van der Waals surface area contributed by atoms with E-state index in [4.69, 9.17) is 4.74 Å². The van der Waals surface area contributed by atoms with Crippen LogP contribution in [0.3, 0.4) is 0 Å². The van der Waals surface area contributed by atoms with Crippen LogP contribution in [0.15, 0.2) is 28.9 Å². The Labute approximate surface area is 141 Å². The van der Waals surface area contributed by atoms with Crippen molar-refractivity contribution in [3.63, 3.8) is 0 Å². The summed E-state index contributed by atoms with van der Waals surface area (Å²) in [7, 11) is 0. The fraction of sp³-hybridized carbons (Fsp3) is 0.375. The molecule has 0 bridgehead atoms. The summed E-state index contributed by atoms with van der Waals surface area (Å²) in [5, 5.41) is 13.0. The maximum absolute atomic E-state index is 12.1. The molecule has 1 aliphatic rings. The van der Waals surface area contributed by atoms with Crippen molar-refractivity contribution in [2.75, 3.05) is 13.2 Å². The van der Waals surface area contributed by atoms with Crippen LogP contribution in [0, 0.1) is 5.92 Å². The number of carbonyl (C=O) groups is 2. The lowest BCUT2D eigenvalue weighted by Crippen LogP contribution is -2.45. The van der Waals surface area contributed by atoms with Crippen LogP contribution >= 0.6 is 15.9 Å². The quantitative estimate of drug-likeness (QED) is 0.740. The predicted molar refractivity (Wildman–Crippen MR) is 88.2 cm³/mol. The first-order valence-electron chi connectivity index (χ1n) is 7.41. The fourth-order valence-electron chi connectivity index (χ4n) is 2.77. The van der Waals surface area contributed by atoms with Gasteiger partial charge in [-0.1, -0.05) is 15.9 Å². The molecule has 0 radical (unpaired) electrons. The van der Waals surface area contributed by atoms with Crippen molar-refractivity contribution < 1.29 is 19.4 Å². The number of ether oxygens (including phenoxy) is 1. The monoisotopic (exact) mass is 380 g/mol. The normalized spacial score (nSPS) is 18.9. The zero-order chi connectivity index (χ0) is 16.4. The topological polar surface area (TPSA) is 91.4 Å². The molecular weight excluding hydrogens is 364 g/mol. The number of aliphatic carboxylic acids is 1. The molecule has 0 unspecified atom stereocenters. The van der Waals surface area contributed by atoms with Crippen LogP contribution in [0.4, 0.5) is 0 Å². The molecule has 122 valence electrons. The van der Waals surface area contributed by atoms with Crippen LogP contribution in [-0.4, -0.2) is 41.2 Å². The Balaban J connectivity index is 1.77. The van der Waals surface area contributed by atoms with E-state index in [1.807, 2.05) is 18.2 Å². The minimum absolute atomic E-state index is 0.227. The summed E-state index contributed by atoms with van der Waals surface area (Å²) in [5.74, 6) is -1.55. The highest BCUT2D eigenvalue weighted by Gasteiger charge is 2.28. The van der Waals surface area contributed by atoms with E-state index in [-0.39, 0.29) is 18.2 Å². The molecule has 1 amide bonds. The number of carboxylic acids is 1. The van der Waals surface area contributed by atoms with Gasteiger partial charge in [0.05, 0.1) is 12.5 Å². The second-order valence-corrected chi connectivity index (χ2v) is 6.58. The summed E-state index contributed by atoms with van der Waals surface area (Å²) in [6, 6.07) is 4.82. The predicted octanol–water partition coefficient (Wildman–Crippen LogP) is 2.08. The molecular formula is C16H17BrN2O4. The average Bonchev–Trinajstić information content (AvgIpc) is 3.16. The van der Waals surface area contributed by atoms with Crippen molar-refractivity contribution >= 4 is 38.7 Å². The number of carbonyl (C=O) groups excluding carboxylic acids is 1. The number of hydrogen-bond acceptors (Lipinski definition) is 3. The lowest BCUT2D eigenvalue weighted by molar-refractivity contribution is -0.142.